The van der Waals surface area contributed by atoms with E-state index in [2.05, 4.69) is 17.0 Å². The van der Waals surface area contributed by atoms with Crippen molar-refractivity contribution in [1.29, 1.82) is 0 Å². The minimum absolute atomic E-state index is 0.0891. The molecule has 0 aliphatic heterocycles. The van der Waals surface area contributed by atoms with Gasteiger partial charge >= 0.3 is 0 Å². The molecule has 1 aromatic rings. The van der Waals surface area contributed by atoms with Crippen LogP contribution in [0.15, 0.2) is 29.2 Å². The molecule has 0 fully saturated rings. The van der Waals surface area contributed by atoms with Crippen LogP contribution >= 0.6 is 0 Å². The van der Waals surface area contributed by atoms with E-state index in [-0.39, 0.29) is 23.5 Å². The molecule has 2 N–H and O–H groups in total. The number of carbonyl (C=O) groups excluding carboxylic acids is 1. The van der Waals surface area contributed by atoms with Gasteiger partial charge in [-0.3, -0.25) is 4.79 Å². The van der Waals surface area contributed by atoms with E-state index in [4.69, 9.17) is 4.74 Å². The Bertz CT molecular complexity index is 585. The van der Waals surface area contributed by atoms with Gasteiger partial charge in [-0.2, -0.15) is 0 Å². The van der Waals surface area contributed by atoms with Gasteiger partial charge in [0, 0.05) is 12.6 Å². The van der Waals surface area contributed by atoms with Gasteiger partial charge in [0.2, 0.25) is 10.0 Å². The Hall–Kier alpha value is -1.60. The number of rotatable bonds is 10. The highest BCUT2D eigenvalue weighted by Crippen LogP contribution is 2.15. The fraction of sp³-hybridized carbons (Fsp3) is 0.562. The molecule has 0 saturated carbocycles. The Morgan fingerprint density at radius 1 is 1.17 bits per heavy atom. The lowest BCUT2D eigenvalue weighted by atomic mass is 10.2. The summed E-state index contributed by atoms with van der Waals surface area (Å²) in [4.78, 5) is 11.9. The topological polar surface area (TPSA) is 84.5 Å². The van der Waals surface area contributed by atoms with Gasteiger partial charge in [0.25, 0.3) is 5.91 Å². The van der Waals surface area contributed by atoms with Gasteiger partial charge in [0.1, 0.15) is 5.75 Å². The first-order valence-corrected chi connectivity index (χ1v) is 9.39. The standard InChI is InChI=1S/C16H26N2O4S/c1-4-6-13(3)18-16(19)12-22-14-7-9-15(10-8-14)23(20,21)17-11-5-2/h7-10,13,17H,4-6,11-12H2,1-3H3,(H,18,19)/t13-/m1/s1. The zero-order valence-corrected chi connectivity index (χ0v) is 14.8. The zero-order chi connectivity index (χ0) is 17.3. The molecule has 130 valence electrons. The second-order valence-corrected chi connectivity index (χ2v) is 7.18. The number of hydrogen-bond acceptors (Lipinski definition) is 4. The number of hydrogen-bond donors (Lipinski definition) is 2. The van der Waals surface area contributed by atoms with Gasteiger partial charge < -0.3 is 10.1 Å². The second kappa shape index (κ2) is 9.52. The van der Waals surface area contributed by atoms with E-state index in [0.717, 1.165) is 19.3 Å². The monoisotopic (exact) mass is 342 g/mol. The van der Waals surface area contributed by atoms with Gasteiger partial charge in [-0.05, 0) is 44.0 Å². The Kier molecular flexibility index (Phi) is 8.05. The van der Waals surface area contributed by atoms with Crippen LogP contribution in [0.25, 0.3) is 0 Å². The van der Waals surface area contributed by atoms with Gasteiger partial charge in [0.15, 0.2) is 6.61 Å². The largest absolute Gasteiger partial charge is 0.484 e. The van der Waals surface area contributed by atoms with Crippen LogP contribution in [-0.4, -0.2) is 33.5 Å². The van der Waals surface area contributed by atoms with Crippen LogP contribution in [0, 0.1) is 0 Å². The number of benzene rings is 1. The molecule has 1 amide bonds. The van der Waals surface area contributed by atoms with Crippen molar-refractivity contribution in [2.45, 2.75) is 51.0 Å². The minimum Gasteiger partial charge on any atom is -0.484 e. The molecule has 0 saturated heterocycles. The van der Waals surface area contributed by atoms with E-state index in [1.165, 1.54) is 12.1 Å². The smallest absolute Gasteiger partial charge is 0.258 e. The number of carbonyl (C=O) groups is 1. The second-order valence-electron chi connectivity index (χ2n) is 5.42. The molecule has 0 heterocycles. The first kappa shape index (κ1) is 19.4. The van der Waals surface area contributed by atoms with Gasteiger partial charge in [-0.15, -0.1) is 0 Å². The summed E-state index contributed by atoms with van der Waals surface area (Å²) in [6.07, 6.45) is 2.65. The van der Waals surface area contributed by atoms with Crippen LogP contribution in [0.4, 0.5) is 0 Å². The first-order chi connectivity index (χ1) is 10.9. The van der Waals surface area contributed by atoms with Gasteiger partial charge in [-0.1, -0.05) is 20.3 Å². The van der Waals surface area contributed by atoms with E-state index >= 15 is 0 Å². The Morgan fingerprint density at radius 3 is 2.39 bits per heavy atom. The number of amides is 1. The van der Waals surface area contributed by atoms with Crippen LogP contribution < -0.4 is 14.8 Å². The molecule has 0 bridgehead atoms. The maximum absolute atomic E-state index is 11.9. The molecule has 1 aromatic carbocycles. The highest BCUT2D eigenvalue weighted by Gasteiger charge is 2.13. The number of nitrogens with one attached hydrogen (secondary N) is 2. The molecule has 23 heavy (non-hydrogen) atoms. The maximum atomic E-state index is 11.9. The molecule has 6 nitrogen and oxygen atoms in total. The summed E-state index contributed by atoms with van der Waals surface area (Å²) < 4.78 is 31.7. The number of sulfonamides is 1. The highest BCUT2D eigenvalue weighted by molar-refractivity contribution is 7.89. The molecule has 7 heteroatoms. The average molecular weight is 342 g/mol. The summed E-state index contributed by atoms with van der Waals surface area (Å²) in [5.74, 6) is 0.269. The van der Waals surface area contributed by atoms with Crippen LogP contribution in [0.1, 0.15) is 40.0 Å². The van der Waals surface area contributed by atoms with Crippen molar-refractivity contribution in [2.24, 2.45) is 0 Å². The molecule has 0 unspecified atom stereocenters. The first-order valence-electron chi connectivity index (χ1n) is 7.91. The Morgan fingerprint density at radius 2 is 1.83 bits per heavy atom. The fourth-order valence-electron chi connectivity index (χ4n) is 2.01. The Balaban J connectivity index is 2.53. The van der Waals surface area contributed by atoms with Crippen molar-refractivity contribution < 1.29 is 17.9 Å². The highest BCUT2D eigenvalue weighted by atomic mass is 32.2. The van der Waals surface area contributed by atoms with Crippen molar-refractivity contribution in [2.75, 3.05) is 13.2 Å². The third-order valence-electron chi connectivity index (χ3n) is 3.18. The summed E-state index contributed by atoms with van der Waals surface area (Å²) in [6.45, 7) is 6.21. The lowest BCUT2D eigenvalue weighted by molar-refractivity contribution is -0.123. The molecule has 0 spiro atoms. The molecule has 1 atom stereocenters. The van der Waals surface area contributed by atoms with E-state index < -0.39 is 10.0 Å². The average Bonchev–Trinajstić information content (AvgIpc) is 2.51. The predicted octanol–water partition coefficient (Wildman–Crippen LogP) is 2.06. The predicted molar refractivity (Wildman–Crippen MR) is 89.9 cm³/mol. The van der Waals surface area contributed by atoms with Crippen LogP contribution in [0.3, 0.4) is 0 Å². The Labute approximate surface area is 138 Å². The van der Waals surface area contributed by atoms with Crippen LogP contribution in [0.5, 0.6) is 5.75 Å². The van der Waals surface area contributed by atoms with Crippen molar-refractivity contribution >= 4 is 15.9 Å². The number of ether oxygens (including phenoxy) is 1. The third-order valence-corrected chi connectivity index (χ3v) is 4.65. The lowest BCUT2D eigenvalue weighted by Crippen LogP contribution is -2.35. The van der Waals surface area contributed by atoms with Crippen molar-refractivity contribution in [3.8, 4) is 5.75 Å². The normalized spacial score (nSPS) is 12.7. The van der Waals surface area contributed by atoms with Gasteiger partial charge in [0.05, 0.1) is 4.90 Å². The minimum atomic E-state index is -3.48. The van der Waals surface area contributed by atoms with Gasteiger partial charge in [-0.25, -0.2) is 13.1 Å². The zero-order valence-electron chi connectivity index (χ0n) is 14.0. The summed E-state index contributed by atoms with van der Waals surface area (Å²) >= 11 is 0. The molecule has 0 radical (unpaired) electrons. The summed E-state index contributed by atoms with van der Waals surface area (Å²) in [7, 11) is -3.48. The van der Waals surface area contributed by atoms with Crippen LogP contribution in [0.2, 0.25) is 0 Å². The molecule has 1 rings (SSSR count). The fourth-order valence-corrected chi connectivity index (χ4v) is 3.14. The summed E-state index contributed by atoms with van der Waals surface area (Å²) in [5, 5.41) is 2.84. The molecular weight excluding hydrogens is 316 g/mol. The van der Waals surface area contributed by atoms with E-state index in [1.54, 1.807) is 12.1 Å². The molecular formula is C16H26N2O4S. The van der Waals surface area contributed by atoms with Crippen molar-refractivity contribution in [3.05, 3.63) is 24.3 Å². The summed E-state index contributed by atoms with van der Waals surface area (Å²) in [5.41, 5.74) is 0. The third kappa shape index (κ3) is 7.00. The SMILES string of the molecule is CCCNS(=O)(=O)c1ccc(OCC(=O)N[C@H](C)CCC)cc1. The van der Waals surface area contributed by atoms with E-state index in [1.807, 2.05) is 13.8 Å². The molecule has 0 aliphatic carbocycles. The lowest BCUT2D eigenvalue weighted by Gasteiger charge is -2.13. The maximum Gasteiger partial charge on any atom is 0.258 e. The van der Waals surface area contributed by atoms with Crippen molar-refractivity contribution in [3.63, 3.8) is 0 Å². The molecule has 0 aromatic heterocycles. The van der Waals surface area contributed by atoms with Crippen LogP contribution in [-0.2, 0) is 14.8 Å². The van der Waals surface area contributed by atoms with Crippen molar-refractivity contribution in [1.82, 2.24) is 10.0 Å². The quantitative estimate of drug-likeness (QED) is 0.682. The van der Waals surface area contributed by atoms with E-state index in [9.17, 15) is 13.2 Å². The molecule has 0 aliphatic rings. The van der Waals surface area contributed by atoms with E-state index in [0.29, 0.717) is 12.3 Å². The summed E-state index contributed by atoms with van der Waals surface area (Å²) in [6, 6.07) is 6.14.